The van der Waals surface area contributed by atoms with E-state index in [0.717, 1.165) is 40.7 Å². The average molecular weight is 324 g/mol. The quantitative estimate of drug-likeness (QED) is 0.471. The fraction of sp³-hybridized carbons (Fsp3) is 0.182. The third-order valence-corrected chi connectivity index (χ3v) is 5.14. The maximum absolute atomic E-state index is 8.99. The number of pyridine rings is 1. The molecule has 0 fully saturated rings. The number of benzene rings is 2. The Balaban J connectivity index is 1.76. The first-order valence-electron chi connectivity index (χ1n) is 8.67. The maximum atomic E-state index is 8.99. The van der Waals surface area contributed by atoms with E-state index in [1.165, 1.54) is 29.4 Å². The highest BCUT2D eigenvalue weighted by molar-refractivity contribution is 6.09. The lowest BCUT2D eigenvalue weighted by molar-refractivity contribution is 0.659. The van der Waals surface area contributed by atoms with Crippen LogP contribution < -0.4 is 0 Å². The zero-order valence-electron chi connectivity index (χ0n) is 13.7. The van der Waals surface area contributed by atoms with Crippen molar-refractivity contribution < 1.29 is 4.42 Å². The summed E-state index contributed by atoms with van der Waals surface area (Å²) in [6.07, 6.45) is 6.67. The van der Waals surface area contributed by atoms with Crippen molar-refractivity contribution in [3.05, 3.63) is 65.4 Å². The fourth-order valence-corrected chi connectivity index (χ4v) is 3.84. The Hall–Kier alpha value is -3.12. The van der Waals surface area contributed by atoms with Crippen molar-refractivity contribution in [1.82, 2.24) is 4.98 Å². The lowest BCUT2D eigenvalue weighted by Gasteiger charge is -2.14. The van der Waals surface area contributed by atoms with Gasteiger partial charge in [0.05, 0.1) is 11.6 Å². The van der Waals surface area contributed by atoms with Crippen molar-refractivity contribution in [3.63, 3.8) is 0 Å². The summed E-state index contributed by atoms with van der Waals surface area (Å²) in [5.41, 5.74) is 7.09. The van der Waals surface area contributed by atoms with Crippen LogP contribution in [-0.2, 0) is 12.8 Å². The zero-order chi connectivity index (χ0) is 16.8. The van der Waals surface area contributed by atoms with Crippen LogP contribution in [0.3, 0.4) is 0 Å². The van der Waals surface area contributed by atoms with Crippen LogP contribution in [0.1, 0.15) is 29.5 Å². The van der Waals surface area contributed by atoms with Crippen LogP contribution in [0.2, 0.25) is 0 Å². The molecule has 0 radical (unpaired) electrons. The number of fused-ring (bicyclic) bond motifs is 4. The van der Waals surface area contributed by atoms with Crippen LogP contribution in [0.25, 0.3) is 33.2 Å². The Bertz CT molecular complexity index is 1150. The van der Waals surface area contributed by atoms with E-state index in [0.29, 0.717) is 5.56 Å². The van der Waals surface area contributed by atoms with Crippen molar-refractivity contribution in [2.75, 3.05) is 0 Å². The van der Waals surface area contributed by atoms with E-state index in [1.54, 1.807) is 0 Å². The molecule has 25 heavy (non-hydrogen) atoms. The highest BCUT2D eigenvalue weighted by Gasteiger charge is 2.17. The highest BCUT2D eigenvalue weighted by atomic mass is 16.3. The lowest BCUT2D eigenvalue weighted by Crippen LogP contribution is -2.01. The normalized spacial score (nSPS) is 13.7. The Kier molecular flexibility index (Phi) is 3.11. The molecule has 1 aliphatic carbocycles. The molecule has 0 aliphatic heterocycles. The monoisotopic (exact) mass is 324 g/mol. The van der Waals surface area contributed by atoms with E-state index in [1.807, 2.05) is 36.5 Å². The summed E-state index contributed by atoms with van der Waals surface area (Å²) in [5, 5.41) is 11.3. The Morgan fingerprint density at radius 3 is 2.44 bits per heavy atom. The molecule has 2 heterocycles. The molecular formula is C22H16N2O. The van der Waals surface area contributed by atoms with Crippen LogP contribution in [0, 0.1) is 11.3 Å². The van der Waals surface area contributed by atoms with Crippen LogP contribution in [0.5, 0.6) is 0 Å². The number of nitrogens with zero attached hydrogens (tertiary/aromatic N) is 2. The van der Waals surface area contributed by atoms with Gasteiger partial charge in [-0.15, -0.1) is 0 Å². The predicted molar refractivity (Wildman–Crippen MR) is 98.3 cm³/mol. The van der Waals surface area contributed by atoms with Crippen LogP contribution in [-0.4, -0.2) is 4.98 Å². The van der Waals surface area contributed by atoms with Crippen molar-refractivity contribution in [3.8, 4) is 17.3 Å². The van der Waals surface area contributed by atoms with Gasteiger partial charge < -0.3 is 4.42 Å². The van der Waals surface area contributed by atoms with E-state index in [4.69, 9.17) is 9.68 Å². The lowest BCUT2D eigenvalue weighted by atomic mass is 9.90. The number of hydrogen-bond donors (Lipinski definition) is 0. The molecule has 3 nitrogen and oxygen atoms in total. The van der Waals surface area contributed by atoms with E-state index in [9.17, 15) is 0 Å². The van der Waals surface area contributed by atoms with Gasteiger partial charge in [0.15, 0.2) is 5.58 Å². The maximum Gasteiger partial charge on any atom is 0.161 e. The van der Waals surface area contributed by atoms with E-state index in [-0.39, 0.29) is 0 Å². The summed E-state index contributed by atoms with van der Waals surface area (Å²) < 4.78 is 6.23. The molecule has 120 valence electrons. The molecule has 0 saturated carbocycles. The van der Waals surface area contributed by atoms with Gasteiger partial charge in [0.2, 0.25) is 0 Å². The van der Waals surface area contributed by atoms with Crippen molar-refractivity contribution in [2.24, 2.45) is 0 Å². The third kappa shape index (κ3) is 2.22. The van der Waals surface area contributed by atoms with Crippen molar-refractivity contribution in [2.45, 2.75) is 25.7 Å². The van der Waals surface area contributed by atoms with Gasteiger partial charge in [-0.2, -0.15) is 5.26 Å². The van der Waals surface area contributed by atoms with Gasteiger partial charge in [-0.25, -0.2) is 0 Å². The number of aryl methyl sites for hydroxylation is 2. The minimum absolute atomic E-state index is 0.646. The molecule has 0 atom stereocenters. The summed E-state index contributed by atoms with van der Waals surface area (Å²) in [5.74, 6) is 0. The van der Waals surface area contributed by atoms with Crippen LogP contribution in [0.4, 0.5) is 0 Å². The first-order valence-corrected chi connectivity index (χ1v) is 8.67. The standard InChI is InChI=1S/C22H16N2O/c23-13-14-5-7-15(8-6-14)21-22-18(9-10-24-21)19-11-16-3-1-2-4-17(16)12-20(19)25-22/h5-12H,1-4H2. The van der Waals surface area contributed by atoms with Gasteiger partial charge in [0, 0.05) is 22.5 Å². The number of furan rings is 1. The summed E-state index contributed by atoms with van der Waals surface area (Å²) in [6, 6.07) is 16.2. The Labute approximate surface area is 145 Å². The van der Waals surface area contributed by atoms with Crippen LogP contribution >= 0.6 is 0 Å². The van der Waals surface area contributed by atoms with Gasteiger partial charge in [-0.3, -0.25) is 4.98 Å². The smallest absolute Gasteiger partial charge is 0.161 e. The molecule has 0 amide bonds. The largest absolute Gasteiger partial charge is 0.454 e. The summed E-state index contributed by atoms with van der Waals surface area (Å²) in [7, 11) is 0. The summed E-state index contributed by atoms with van der Waals surface area (Å²) in [4.78, 5) is 4.55. The molecule has 0 spiro atoms. The second-order valence-corrected chi connectivity index (χ2v) is 6.65. The molecular weight excluding hydrogens is 308 g/mol. The minimum Gasteiger partial charge on any atom is -0.454 e. The number of aromatic nitrogens is 1. The molecule has 3 heteroatoms. The molecule has 0 saturated heterocycles. The topological polar surface area (TPSA) is 49.8 Å². The molecule has 0 bridgehead atoms. The second-order valence-electron chi connectivity index (χ2n) is 6.65. The first kappa shape index (κ1) is 14.2. The van der Waals surface area contributed by atoms with E-state index < -0.39 is 0 Å². The minimum atomic E-state index is 0.646. The average Bonchev–Trinajstić information content (AvgIpc) is 3.04. The van der Waals surface area contributed by atoms with Crippen molar-refractivity contribution >= 4 is 21.9 Å². The number of nitriles is 1. The van der Waals surface area contributed by atoms with Crippen LogP contribution in [0.15, 0.2) is 53.1 Å². The van der Waals surface area contributed by atoms with E-state index in [2.05, 4.69) is 23.2 Å². The van der Waals surface area contributed by atoms with Gasteiger partial charge in [0.25, 0.3) is 0 Å². The number of hydrogen-bond acceptors (Lipinski definition) is 3. The van der Waals surface area contributed by atoms with Crippen molar-refractivity contribution in [1.29, 1.82) is 5.26 Å². The van der Waals surface area contributed by atoms with E-state index >= 15 is 0 Å². The highest BCUT2D eigenvalue weighted by Crippen LogP contribution is 2.37. The molecule has 2 aromatic heterocycles. The second kappa shape index (κ2) is 5.46. The van der Waals surface area contributed by atoms with Gasteiger partial charge in [-0.1, -0.05) is 12.1 Å². The molecule has 2 aromatic carbocycles. The third-order valence-electron chi connectivity index (χ3n) is 5.14. The fourth-order valence-electron chi connectivity index (χ4n) is 3.84. The molecule has 1 aliphatic rings. The Morgan fingerprint density at radius 1 is 0.920 bits per heavy atom. The molecule has 0 unspecified atom stereocenters. The molecule has 0 N–H and O–H groups in total. The molecule has 4 aromatic rings. The number of rotatable bonds is 1. The van der Waals surface area contributed by atoms with Gasteiger partial charge in [-0.05, 0) is 67.1 Å². The van der Waals surface area contributed by atoms with Gasteiger partial charge in [0.1, 0.15) is 11.3 Å². The zero-order valence-corrected chi connectivity index (χ0v) is 13.7. The predicted octanol–water partition coefficient (Wildman–Crippen LogP) is 5.40. The van der Waals surface area contributed by atoms with Gasteiger partial charge >= 0.3 is 0 Å². The summed E-state index contributed by atoms with van der Waals surface area (Å²) in [6.45, 7) is 0. The Morgan fingerprint density at radius 2 is 1.68 bits per heavy atom. The first-order chi connectivity index (χ1) is 12.3. The molecule has 5 rings (SSSR count). The summed E-state index contributed by atoms with van der Waals surface area (Å²) >= 11 is 0. The SMILES string of the molecule is N#Cc1ccc(-c2nccc3c2oc2cc4c(cc23)CCCC4)cc1.